The molecule has 0 aliphatic rings. The van der Waals surface area contributed by atoms with Crippen molar-refractivity contribution in [1.29, 1.82) is 0 Å². The van der Waals surface area contributed by atoms with E-state index in [0.29, 0.717) is 41.5 Å². The van der Waals surface area contributed by atoms with Gasteiger partial charge in [-0.15, -0.1) is 0 Å². The van der Waals surface area contributed by atoms with E-state index in [0.717, 1.165) is 6.42 Å². The predicted octanol–water partition coefficient (Wildman–Crippen LogP) is 3.55. The van der Waals surface area contributed by atoms with Crippen LogP contribution < -0.4 is 10.1 Å². The molecule has 1 aromatic carbocycles. The van der Waals surface area contributed by atoms with Gasteiger partial charge in [0.25, 0.3) is 5.91 Å². The SMILES string of the molecule is CC(C)CCOCCNC(=O)COc1ccc(Cl)c(Cl)c1. The zero-order valence-electron chi connectivity index (χ0n) is 12.3. The number of ether oxygens (including phenoxy) is 2. The van der Waals surface area contributed by atoms with Crippen molar-refractivity contribution in [2.75, 3.05) is 26.4 Å². The van der Waals surface area contributed by atoms with Gasteiger partial charge in [0.05, 0.1) is 16.7 Å². The Bertz CT molecular complexity index is 453. The van der Waals surface area contributed by atoms with Gasteiger partial charge in [-0.25, -0.2) is 0 Å². The van der Waals surface area contributed by atoms with Crippen molar-refractivity contribution in [3.63, 3.8) is 0 Å². The van der Waals surface area contributed by atoms with Crippen LogP contribution in [0.5, 0.6) is 5.75 Å². The number of halogens is 2. The first-order valence-electron chi connectivity index (χ1n) is 6.91. The molecule has 0 bridgehead atoms. The standard InChI is InChI=1S/C15H21Cl2NO3/c1-11(2)5-7-20-8-6-18-15(19)10-21-12-3-4-13(16)14(17)9-12/h3-4,9,11H,5-8,10H2,1-2H3,(H,18,19). The third-order valence-electron chi connectivity index (χ3n) is 2.67. The van der Waals surface area contributed by atoms with Crippen molar-refractivity contribution in [2.45, 2.75) is 20.3 Å². The van der Waals surface area contributed by atoms with Gasteiger partial charge in [-0.3, -0.25) is 4.79 Å². The molecule has 0 aromatic heterocycles. The minimum Gasteiger partial charge on any atom is -0.484 e. The van der Waals surface area contributed by atoms with E-state index in [1.54, 1.807) is 18.2 Å². The van der Waals surface area contributed by atoms with Crippen molar-refractivity contribution in [3.8, 4) is 5.75 Å². The van der Waals surface area contributed by atoms with Gasteiger partial charge in [0.1, 0.15) is 5.75 Å². The number of hydrogen-bond donors (Lipinski definition) is 1. The molecule has 6 heteroatoms. The summed E-state index contributed by atoms with van der Waals surface area (Å²) in [6.45, 7) is 5.92. The van der Waals surface area contributed by atoms with Crippen LogP contribution in [0.2, 0.25) is 10.0 Å². The quantitative estimate of drug-likeness (QED) is 0.703. The number of nitrogens with one attached hydrogen (secondary N) is 1. The normalized spacial score (nSPS) is 10.7. The van der Waals surface area contributed by atoms with E-state index in [1.165, 1.54) is 0 Å². The average Bonchev–Trinajstić information content (AvgIpc) is 2.43. The Morgan fingerprint density at radius 3 is 2.67 bits per heavy atom. The Morgan fingerprint density at radius 1 is 1.24 bits per heavy atom. The van der Waals surface area contributed by atoms with Crippen LogP contribution >= 0.6 is 23.2 Å². The molecule has 0 saturated heterocycles. The number of rotatable bonds is 9. The largest absolute Gasteiger partial charge is 0.484 e. The molecule has 0 unspecified atom stereocenters. The maximum absolute atomic E-state index is 11.6. The Balaban J connectivity index is 2.12. The van der Waals surface area contributed by atoms with E-state index in [4.69, 9.17) is 32.7 Å². The third-order valence-corrected chi connectivity index (χ3v) is 3.41. The highest BCUT2D eigenvalue weighted by atomic mass is 35.5. The second-order valence-corrected chi connectivity index (χ2v) is 5.82. The fraction of sp³-hybridized carbons (Fsp3) is 0.533. The van der Waals surface area contributed by atoms with Gasteiger partial charge in [-0.2, -0.15) is 0 Å². The molecule has 0 aliphatic carbocycles. The average molecular weight is 334 g/mol. The number of carbonyl (C=O) groups is 1. The van der Waals surface area contributed by atoms with Gasteiger partial charge in [-0.05, 0) is 24.5 Å². The zero-order valence-corrected chi connectivity index (χ0v) is 13.8. The minimum absolute atomic E-state index is 0.0655. The highest BCUT2D eigenvalue weighted by molar-refractivity contribution is 6.42. The summed E-state index contributed by atoms with van der Waals surface area (Å²) in [5.41, 5.74) is 0. The second-order valence-electron chi connectivity index (χ2n) is 5.01. The fourth-order valence-electron chi connectivity index (χ4n) is 1.45. The third kappa shape index (κ3) is 8.15. The summed E-state index contributed by atoms with van der Waals surface area (Å²) in [5.74, 6) is 0.931. The Morgan fingerprint density at radius 2 is 2.00 bits per heavy atom. The Kier molecular flexibility index (Phi) is 8.50. The molecule has 0 atom stereocenters. The van der Waals surface area contributed by atoms with Crippen LogP contribution in [0.3, 0.4) is 0 Å². The monoisotopic (exact) mass is 333 g/mol. The first kappa shape index (κ1) is 18.1. The summed E-state index contributed by atoms with van der Waals surface area (Å²) in [5, 5.41) is 3.57. The summed E-state index contributed by atoms with van der Waals surface area (Å²) in [4.78, 5) is 11.6. The van der Waals surface area contributed by atoms with E-state index < -0.39 is 0 Å². The van der Waals surface area contributed by atoms with Crippen molar-refractivity contribution in [2.24, 2.45) is 5.92 Å². The van der Waals surface area contributed by atoms with E-state index in [1.807, 2.05) is 0 Å². The molecule has 1 aromatic rings. The van der Waals surface area contributed by atoms with Crippen molar-refractivity contribution in [3.05, 3.63) is 28.2 Å². The van der Waals surface area contributed by atoms with E-state index in [-0.39, 0.29) is 12.5 Å². The van der Waals surface area contributed by atoms with Crippen LogP contribution in [-0.2, 0) is 9.53 Å². The first-order valence-corrected chi connectivity index (χ1v) is 7.67. The molecule has 4 nitrogen and oxygen atoms in total. The molecular weight excluding hydrogens is 313 g/mol. The molecule has 118 valence electrons. The van der Waals surface area contributed by atoms with E-state index >= 15 is 0 Å². The summed E-state index contributed by atoms with van der Waals surface area (Å²) < 4.78 is 10.7. The maximum atomic E-state index is 11.6. The van der Waals surface area contributed by atoms with E-state index in [9.17, 15) is 4.79 Å². The fourth-order valence-corrected chi connectivity index (χ4v) is 1.74. The molecule has 0 heterocycles. The molecular formula is C15H21Cl2NO3. The number of hydrogen-bond acceptors (Lipinski definition) is 3. The highest BCUT2D eigenvalue weighted by Crippen LogP contribution is 2.26. The summed E-state index contributed by atoms with van der Waals surface area (Å²) in [7, 11) is 0. The molecule has 0 fully saturated rings. The molecule has 1 rings (SSSR count). The molecule has 21 heavy (non-hydrogen) atoms. The van der Waals surface area contributed by atoms with Crippen LogP contribution in [0.25, 0.3) is 0 Å². The lowest BCUT2D eigenvalue weighted by Crippen LogP contribution is -2.31. The van der Waals surface area contributed by atoms with Gasteiger partial charge in [0, 0.05) is 19.2 Å². The lowest BCUT2D eigenvalue weighted by Gasteiger charge is -2.09. The number of carbonyl (C=O) groups excluding carboxylic acids is 1. The van der Waals surface area contributed by atoms with Gasteiger partial charge in [0.15, 0.2) is 6.61 Å². The Hall–Kier alpha value is -0.970. The van der Waals surface area contributed by atoms with Gasteiger partial charge < -0.3 is 14.8 Å². The predicted molar refractivity (Wildman–Crippen MR) is 85.2 cm³/mol. The zero-order chi connectivity index (χ0) is 15.7. The highest BCUT2D eigenvalue weighted by Gasteiger charge is 2.04. The van der Waals surface area contributed by atoms with Crippen LogP contribution in [0, 0.1) is 5.92 Å². The van der Waals surface area contributed by atoms with Gasteiger partial charge in [-0.1, -0.05) is 37.0 Å². The summed E-state index contributed by atoms with van der Waals surface area (Å²) in [6.07, 6.45) is 1.02. The number of amides is 1. The molecule has 0 saturated carbocycles. The van der Waals surface area contributed by atoms with E-state index in [2.05, 4.69) is 19.2 Å². The molecule has 1 N–H and O–H groups in total. The Labute approximate surface area is 135 Å². The van der Waals surface area contributed by atoms with Crippen LogP contribution in [0.4, 0.5) is 0 Å². The van der Waals surface area contributed by atoms with Crippen molar-refractivity contribution in [1.82, 2.24) is 5.32 Å². The number of benzene rings is 1. The summed E-state index contributed by atoms with van der Waals surface area (Å²) in [6, 6.07) is 4.86. The molecule has 1 amide bonds. The van der Waals surface area contributed by atoms with Gasteiger partial charge >= 0.3 is 0 Å². The smallest absolute Gasteiger partial charge is 0.258 e. The van der Waals surface area contributed by atoms with Crippen molar-refractivity contribution >= 4 is 29.1 Å². The van der Waals surface area contributed by atoms with Crippen molar-refractivity contribution < 1.29 is 14.3 Å². The second kappa shape index (κ2) is 9.87. The summed E-state index contributed by atoms with van der Waals surface area (Å²) >= 11 is 11.6. The maximum Gasteiger partial charge on any atom is 0.258 e. The molecule has 0 radical (unpaired) electrons. The van der Waals surface area contributed by atoms with Crippen LogP contribution in [0.1, 0.15) is 20.3 Å². The van der Waals surface area contributed by atoms with Crippen LogP contribution in [0.15, 0.2) is 18.2 Å². The molecule has 0 spiro atoms. The lowest BCUT2D eigenvalue weighted by atomic mass is 10.1. The minimum atomic E-state index is -0.200. The van der Waals surface area contributed by atoms with Crippen LogP contribution in [-0.4, -0.2) is 32.3 Å². The molecule has 0 aliphatic heterocycles. The lowest BCUT2D eigenvalue weighted by molar-refractivity contribution is -0.123. The van der Waals surface area contributed by atoms with Gasteiger partial charge in [0.2, 0.25) is 0 Å². The topological polar surface area (TPSA) is 47.6 Å². The first-order chi connectivity index (χ1) is 9.99.